The van der Waals surface area contributed by atoms with E-state index in [4.69, 9.17) is 28.9 Å². The second-order valence-corrected chi connectivity index (χ2v) is 7.31. The van der Waals surface area contributed by atoms with Crippen LogP contribution in [0, 0.1) is 5.92 Å². The first-order valence-corrected chi connectivity index (χ1v) is 9.03. The van der Waals surface area contributed by atoms with Crippen LogP contribution in [0.15, 0.2) is 18.2 Å². The van der Waals surface area contributed by atoms with Gasteiger partial charge in [0, 0.05) is 24.2 Å². The molecule has 0 radical (unpaired) electrons. The minimum Gasteiger partial charge on any atom is -0.350 e. The Labute approximate surface area is 163 Å². The Bertz CT molecular complexity index is 652. The number of nitrogens with two attached hydrogens (primary N) is 1. The fraction of sp³-hybridized carbons (Fsp3) is 0.529. The number of hydrogen-bond acceptors (Lipinski definition) is 3. The zero-order chi connectivity index (χ0) is 17.3. The summed E-state index contributed by atoms with van der Waals surface area (Å²) in [5.74, 6) is 0.101. The lowest BCUT2D eigenvalue weighted by atomic mass is 10.1. The third-order valence-electron chi connectivity index (χ3n) is 4.75. The van der Waals surface area contributed by atoms with Gasteiger partial charge in [0.25, 0.3) is 5.91 Å². The molecule has 1 saturated carbocycles. The molecule has 1 aliphatic carbocycles. The fourth-order valence-corrected chi connectivity index (χ4v) is 3.62. The van der Waals surface area contributed by atoms with Crippen LogP contribution < -0.4 is 11.1 Å². The molecule has 2 unspecified atom stereocenters. The van der Waals surface area contributed by atoms with Gasteiger partial charge in [-0.3, -0.25) is 9.59 Å². The Kier molecular flexibility index (Phi) is 6.97. The van der Waals surface area contributed by atoms with E-state index in [1.54, 1.807) is 23.1 Å². The van der Waals surface area contributed by atoms with Crippen molar-refractivity contribution in [2.75, 3.05) is 13.1 Å². The molecule has 3 rings (SSSR count). The molecular weight excluding hydrogens is 385 g/mol. The molecular formula is C17H22Cl3N3O2. The standard InChI is InChI=1S/C17H21Cl2N3O2.ClH/c18-11-5-6-13(19)12(8-11)17(24)22-7-1-2-15(22)16(23)21-14(9-20)10-3-4-10;/h5-6,8,10,14-15H,1-4,7,9,20H2,(H,21,23);1H. The number of hydrogen-bond donors (Lipinski definition) is 2. The van der Waals surface area contributed by atoms with Gasteiger partial charge in [0.1, 0.15) is 6.04 Å². The molecule has 2 fully saturated rings. The monoisotopic (exact) mass is 405 g/mol. The predicted molar refractivity (Wildman–Crippen MR) is 101 cm³/mol. The van der Waals surface area contributed by atoms with Crippen LogP contribution in [0.1, 0.15) is 36.0 Å². The number of carbonyl (C=O) groups is 2. The highest BCUT2D eigenvalue weighted by Gasteiger charge is 2.38. The number of amides is 2. The Hall–Kier alpha value is -1.01. The van der Waals surface area contributed by atoms with Gasteiger partial charge in [0.15, 0.2) is 0 Å². The molecule has 2 amide bonds. The van der Waals surface area contributed by atoms with Crippen LogP contribution in [0.2, 0.25) is 10.0 Å². The van der Waals surface area contributed by atoms with Crippen molar-refractivity contribution in [3.8, 4) is 0 Å². The quantitative estimate of drug-likeness (QED) is 0.789. The van der Waals surface area contributed by atoms with Gasteiger partial charge in [-0.25, -0.2) is 0 Å². The molecule has 1 saturated heterocycles. The topological polar surface area (TPSA) is 75.4 Å². The van der Waals surface area contributed by atoms with Crippen molar-refractivity contribution >= 4 is 47.4 Å². The highest BCUT2D eigenvalue weighted by molar-refractivity contribution is 6.35. The van der Waals surface area contributed by atoms with Crippen molar-refractivity contribution in [3.05, 3.63) is 33.8 Å². The molecule has 0 spiro atoms. The van der Waals surface area contributed by atoms with Crippen LogP contribution in [0.3, 0.4) is 0 Å². The maximum absolute atomic E-state index is 12.8. The Balaban J connectivity index is 0.00000225. The van der Waals surface area contributed by atoms with E-state index in [1.807, 2.05) is 0 Å². The van der Waals surface area contributed by atoms with E-state index in [0.29, 0.717) is 41.0 Å². The SMILES string of the molecule is Cl.NCC(NC(=O)C1CCCN1C(=O)c1cc(Cl)ccc1Cl)C1CC1. The largest absolute Gasteiger partial charge is 0.350 e. The van der Waals surface area contributed by atoms with Crippen molar-refractivity contribution in [3.63, 3.8) is 0 Å². The summed E-state index contributed by atoms with van der Waals surface area (Å²) in [5, 5.41) is 3.80. The van der Waals surface area contributed by atoms with Gasteiger partial charge in [0.2, 0.25) is 5.91 Å². The first-order valence-electron chi connectivity index (χ1n) is 8.27. The lowest BCUT2D eigenvalue weighted by Crippen LogP contribution is -2.51. The summed E-state index contributed by atoms with van der Waals surface area (Å²) >= 11 is 12.1. The molecule has 1 heterocycles. The number of benzene rings is 1. The van der Waals surface area contributed by atoms with E-state index in [-0.39, 0.29) is 30.3 Å². The lowest BCUT2D eigenvalue weighted by molar-refractivity contribution is -0.125. The number of nitrogens with one attached hydrogen (secondary N) is 1. The first kappa shape index (κ1) is 20.3. The highest BCUT2D eigenvalue weighted by atomic mass is 35.5. The van der Waals surface area contributed by atoms with E-state index in [0.717, 1.165) is 19.3 Å². The van der Waals surface area contributed by atoms with Crippen LogP contribution >= 0.6 is 35.6 Å². The van der Waals surface area contributed by atoms with Crippen LogP contribution in [0.25, 0.3) is 0 Å². The summed E-state index contributed by atoms with van der Waals surface area (Å²) in [5.41, 5.74) is 6.09. The van der Waals surface area contributed by atoms with Crippen LogP contribution in [0.5, 0.6) is 0 Å². The highest BCUT2D eigenvalue weighted by Crippen LogP contribution is 2.32. The second kappa shape index (κ2) is 8.58. The molecule has 2 atom stereocenters. The third-order valence-corrected chi connectivity index (χ3v) is 5.31. The summed E-state index contributed by atoms with van der Waals surface area (Å²) in [4.78, 5) is 27.0. The van der Waals surface area contributed by atoms with Crippen LogP contribution in [-0.2, 0) is 4.79 Å². The normalized spacial score (nSPS) is 20.8. The lowest BCUT2D eigenvalue weighted by Gasteiger charge is -2.26. The summed E-state index contributed by atoms with van der Waals surface area (Å²) in [6, 6.07) is 4.31. The zero-order valence-electron chi connectivity index (χ0n) is 13.7. The summed E-state index contributed by atoms with van der Waals surface area (Å²) in [7, 11) is 0. The van der Waals surface area contributed by atoms with Gasteiger partial charge < -0.3 is 16.0 Å². The molecule has 1 aromatic carbocycles. The van der Waals surface area contributed by atoms with E-state index < -0.39 is 6.04 Å². The van der Waals surface area contributed by atoms with Gasteiger partial charge in [-0.05, 0) is 49.8 Å². The average Bonchev–Trinajstić information content (AvgIpc) is 3.29. The number of likely N-dealkylation sites (tertiary alicyclic amines) is 1. The molecule has 1 aromatic rings. The molecule has 1 aliphatic heterocycles. The molecule has 25 heavy (non-hydrogen) atoms. The maximum atomic E-state index is 12.8. The molecule has 3 N–H and O–H groups in total. The molecule has 2 aliphatic rings. The zero-order valence-corrected chi connectivity index (χ0v) is 16.0. The van der Waals surface area contributed by atoms with E-state index in [2.05, 4.69) is 5.32 Å². The van der Waals surface area contributed by atoms with Gasteiger partial charge in [-0.2, -0.15) is 0 Å². The van der Waals surface area contributed by atoms with Crippen molar-refractivity contribution in [2.45, 2.75) is 37.8 Å². The number of halogens is 3. The molecule has 138 valence electrons. The van der Waals surface area contributed by atoms with E-state index in [9.17, 15) is 9.59 Å². The van der Waals surface area contributed by atoms with Crippen LogP contribution in [-0.4, -0.2) is 41.9 Å². The number of carbonyl (C=O) groups excluding carboxylic acids is 2. The van der Waals surface area contributed by atoms with Gasteiger partial charge in [-0.15, -0.1) is 12.4 Å². The van der Waals surface area contributed by atoms with Gasteiger partial charge >= 0.3 is 0 Å². The first-order chi connectivity index (χ1) is 11.5. The van der Waals surface area contributed by atoms with Crippen LogP contribution in [0.4, 0.5) is 0 Å². The Morgan fingerprint density at radius 1 is 1.28 bits per heavy atom. The van der Waals surface area contributed by atoms with Gasteiger partial charge in [-0.1, -0.05) is 23.2 Å². The number of rotatable bonds is 5. The summed E-state index contributed by atoms with van der Waals surface area (Å²) in [6.07, 6.45) is 3.65. The number of nitrogens with zero attached hydrogens (tertiary/aromatic N) is 1. The summed E-state index contributed by atoms with van der Waals surface area (Å²) < 4.78 is 0. The average molecular weight is 407 g/mol. The molecule has 0 aromatic heterocycles. The van der Waals surface area contributed by atoms with Crippen molar-refractivity contribution in [1.29, 1.82) is 0 Å². The minimum absolute atomic E-state index is 0. The minimum atomic E-state index is -0.472. The maximum Gasteiger partial charge on any atom is 0.256 e. The predicted octanol–water partition coefficient (Wildman–Crippen LogP) is 2.87. The van der Waals surface area contributed by atoms with Crippen molar-refractivity contribution in [2.24, 2.45) is 11.7 Å². The summed E-state index contributed by atoms with van der Waals surface area (Å²) in [6.45, 7) is 0.966. The molecule has 8 heteroatoms. The fourth-order valence-electron chi connectivity index (χ4n) is 3.25. The van der Waals surface area contributed by atoms with E-state index in [1.165, 1.54) is 0 Å². The Morgan fingerprint density at radius 2 is 2.00 bits per heavy atom. The second-order valence-electron chi connectivity index (χ2n) is 6.47. The molecule has 0 bridgehead atoms. The van der Waals surface area contributed by atoms with E-state index >= 15 is 0 Å². The Morgan fingerprint density at radius 3 is 2.64 bits per heavy atom. The molecule has 5 nitrogen and oxygen atoms in total. The van der Waals surface area contributed by atoms with Crippen molar-refractivity contribution in [1.82, 2.24) is 10.2 Å². The smallest absolute Gasteiger partial charge is 0.256 e. The third kappa shape index (κ3) is 4.59. The van der Waals surface area contributed by atoms with Gasteiger partial charge in [0.05, 0.1) is 10.6 Å². The van der Waals surface area contributed by atoms with Crippen molar-refractivity contribution < 1.29 is 9.59 Å².